The van der Waals surface area contributed by atoms with Gasteiger partial charge in [-0.05, 0) is 12.1 Å². The molecule has 0 bridgehead atoms. The van der Waals surface area contributed by atoms with E-state index >= 15 is 0 Å². The summed E-state index contributed by atoms with van der Waals surface area (Å²) in [7, 11) is 4.85. The topological polar surface area (TPSA) is 68.4 Å². The van der Waals surface area contributed by atoms with Crippen molar-refractivity contribution in [2.24, 2.45) is 0 Å². The number of methoxy groups -OCH3 is 3. The number of aromatic amines is 1. The van der Waals surface area contributed by atoms with E-state index in [1.54, 1.807) is 21.3 Å². The third kappa shape index (κ3) is 2.63. The standard InChI is InChI=1S/C16H17N3O3/c1-20-11-6-4-5-10(7-11)17-16-18-12-8-14(21-2)15(22-3)9-13(12)19-16/h4-9H,1-3H3,(H2,17,18,19). The first-order valence-corrected chi connectivity index (χ1v) is 6.76. The van der Waals surface area contributed by atoms with Crippen molar-refractivity contribution in [1.29, 1.82) is 0 Å². The molecule has 2 aromatic carbocycles. The fraction of sp³-hybridized carbons (Fsp3) is 0.188. The molecule has 0 aliphatic carbocycles. The number of aromatic nitrogens is 2. The predicted molar refractivity (Wildman–Crippen MR) is 85.5 cm³/mol. The van der Waals surface area contributed by atoms with E-state index in [-0.39, 0.29) is 0 Å². The molecule has 0 saturated carbocycles. The number of imidazole rings is 1. The van der Waals surface area contributed by atoms with E-state index < -0.39 is 0 Å². The van der Waals surface area contributed by atoms with E-state index in [1.807, 2.05) is 36.4 Å². The van der Waals surface area contributed by atoms with Crippen molar-refractivity contribution in [3.63, 3.8) is 0 Å². The van der Waals surface area contributed by atoms with Gasteiger partial charge in [-0.2, -0.15) is 0 Å². The molecule has 114 valence electrons. The van der Waals surface area contributed by atoms with Crippen molar-refractivity contribution >= 4 is 22.7 Å². The van der Waals surface area contributed by atoms with E-state index in [9.17, 15) is 0 Å². The van der Waals surface area contributed by atoms with Crippen molar-refractivity contribution in [3.8, 4) is 17.2 Å². The zero-order valence-corrected chi connectivity index (χ0v) is 12.6. The molecular weight excluding hydrogens is 282 g/mol. The molecule has 0 aliphatic rings. The van der Waals surface area contributed by atoms with Gasteiger partial charge in [0.25, 0.3) is 0 Å². The van der Waals surface area contributed by atoms with Gasteiger partial charge < -0.3 is 24.5 Å². The maximum absolute atomic E-state index is 5.29. The zero-order valence-electron chi connectivity index (χ0n) is 12.6. The van der Waals surface area contributed by atoms with Gasteiger partial charge in [-0.1, -0.05) is 6.07 Å². The molecule has 0 unspecified atom stereocenters. The number of ether oxygens (including phenoxy) is 3. The largest absolute Gasteiger partial charge is 0.497 e. The van der Waals surface area contributed by atoms with Gasteiger partial charge in [0.2, 0.25) is 5.95 Å². The number of benzene rings is 2. The van der Waals surface area contributed by atoms with Crippen LogP contribution in [0.25, 0.3) is 11.0 Å². The van der Waals surface area contributed by atoms with Crippen LogP contribution in [0.5, 0.6) is 17.2 Å². The van der Waals surface area contributed by atoms with Gasteiger partial charge in [0.05, 0.1) is 32.4 Å². The molecule has 0 radical (unpaired) electrons. The number of anilines is 2. The number of H-pyrrole nitrogens is 1. The summed E-state index contributed by atoms with van der Waals surface area (Å²) in [6.07, 6.45) is 0. The number of hydrogen-bond donors (Lipinski definition) is 2. The van der Waals surface area contributed by atoms with Crippen LogP contribution in [-0.2, 0) is 0 Å². The minimum absolute atomic E-state index is 0.638. The first-order chi connectivity index (χ1) is 10.7. The molecule has 1 heterocycles. The van der Waals surface area contributed by atoms with Gasteiger partial charge in [-0.25, -0.2) is 4.98 Å². The third-order valence-electron chi connectivity index (χ3n) is 3.32. The van der Waals surface area contributed by atoms with Crippen LogP contribution in [0.2, 0.25) is 0 Å². The molecule has 1 aromatic heterocycles. The van der Waals surface area contributed by atoms with Crippen LogP contribution < -0.4 is 19.5 Å². The van der Waals surface area contributed by atoms with Crippen LogP contribution in [0.4, 0.5) is 11.6 Å². The Morgan fingerprint density at radius 2 is 1.73 bits per heavy atom. The Bertz CT molecular complexity index is 757. The van der Waals surface area contributed by atoms with E-state index in [0.29, 0.717) is 17.4 Å². The van der Waals surface area contributed by atoms with Crippen LogP contribution in [0, 0.1) is 0 Å². The Hall–Kier alpha value is -2.89. The molecule has 6 heteroatoms. The molecule has 3 aromatic rings. The molecular formula is C16H17N3O3. The second-order valence-corrected chi connectivity index (χ2v) is 4.67. The monoisotopic (exact) mass is 299 g/mol. The smallest absolute Gasteiger partial charge is 0.205 e. The summed E-state index contributed by atoms with van der Waals surface area (Å²) in [5.41, 5.74) is 2.54. The highest BCUT2D eigenvalue weighted by Gasteiger charge is 2.10. The second-order valence-electron chi connectivity index (χ2n) is 4.67. The summed E-state index contributed by atoms with van der Waals surface area (Å²) in [6.45, 7) is 0. The second kappa shape index (κ2) is 5.85. The summed E-state index contributed by atoms with van der Waals surface area (Å²) >= 11 is 0. The quantitative estimate of drug-likeness (QED) is 0.756. The lowest BCUT2D eigenvalue weighted by Crippen LogP contribution is -1.92. The maximum Gasteiger partial charge on any atom is 0.205 e. The number of fused-ring (bicyclic) bond motifs is 1. The third-order valence-corrected chi connectivity index (χ3v) is 3.32. The molecule has 2 N–H and O–H groups in total. The molecule has 0 amide bonds. The zero-order chi connectivity index (χ0) is 15.5. The van der Waals surface area contributed by atoms with Crippen LogP contribution in [0.15, 0.2) is 36.4 Å². The molecule has 22 heavy (non-hydrogen) atoms. The minimum Gasteiger partial charge on any atom is -0.497 e. The Morgan fingerprint density at radius 1 is 0.955 bits per heavy atom. The van der Waals surface area contributed by atoms with Crippen LogP contribution in [0.1, 0.15) is 0 Å². The molecule has 0 spiro atoms. The predicted octanol–water partition coefficient (Wildman–Crippen LogP) is 3.33. The lowest BCUT2D eigenvalue weighted by molar-refractivity contribution is 0.356. The van der Waals surface area contributed by atoms with Gasteiger partial charge >= 0.3 is 0 Å². The summed E-state index contributed by atoms with van der Waals surface area (Å²) in [4.78, 5) is 7.71. The van der Waals surface area contributed by atoms with Crippen molar-refractivity contribution in [2.75, 3.05) is 26.6 Å². The molecule has 0 aliphatic heterocycles. The van der Waals surface area contributed by atoms with Crippen molar-refractivity contribution in [3.05, 3.63) is 36.4 Å². The van der Waals surface area contributed by atoms with Gasteiger partial charge in [0.1, 0.15) is 5.75 Å². The molecule has 0 saturated heterocycles. The van der Waals surface area contributed by atoms with Gasteiger partial charge in [-0.3, -0.25) is 0 Å². The Morgan fingerprint density at radius 3 is 2.45 bits per heavy atom. The summed E-state index contributed by atoms with van der Waals surface area (Å²) in [5.74, 6) is 2.73. The summed E-state index contributed by atoms with van der Waals surface area (Å²) < 4.78 is 15.8. The van der Waals surface area contributed by atoms with Crippen molar-refractivity contribution in [2.45, 2.75) is 0 Å². The highest BCUT2D eigenvalue weighted by Crippen LogP contribution is 2.32. The van der Waals surface area contributed by atoms with E-state index in [0.717, 1.165) is 22.5 Å². The lowest BCUT2D eigenvalue weighted by Gasteiger charge is -2.06. The Balaban J connectivity index is 1.94. The highest BCUT2D eigenvalue weighted by molar-refractivity contribution is 5.82. The Labute approximate surface area is 128 Å². The van der Waals surface area contributed by atoms with E-state index in [4.69, 9.17) is 14.2 Å². The number of nitrogens with one attached hydrogen (secondary N) is 2. The number of hydrogen-bond acceptors (Lipinski definition) is 5. The van der Waals surface area contributed by atoms with Crippen molar-refractivity contribution < 1.29 is 14.2 Å². The van der Waals surface area contributed by atoms with Gasteiger partial charge in [0, 0.05) is 23.9 Å². The molecule has 6 nitrogen and oxygen atoms in total. The van der Waals surface area contributed by atoms with Gasteiger partial charge in [0.15, 0.2) is 11.5 Å². The molecule has 3 rings (SSSR count). The maximum atomic E-state index is 5.29. The first kappa shape index (κ1) is 14.1. The number of rotatable bonds is 5. The average molecular weight is 299 g/mol. The number of nitrogens with zero attached hydrogens (tertiary/aromatic N) is 1. The van der Waals surface area contributed by atoms with Crippen LogP contribution in [-0.4, -0.2) is 31.3 Å². The Kier molecular flexibility index (Phi) is 3.74. The van der Waals surface area contributed by atoms with Crippen LogP contribution >= 0.6 is 0 Å². The lowest BCUT2D eigenvalue weighted by atomic mass is 10.3. The van der Waals surface area contributed by atoms with Gasteiger partial charge in [-0.15, -0.1) is 0 Å². The fourth-order valence-corrected chi connectivity index (χ4v) is 2.23. The molecule has 0 atom stereocenters. The van der Waals surface area contributed by atoms with Crippen LogP contribution in [0.3, 0.4) is 0 Å². The summed E-state index contributed by atoms with van der Waals surface area (Å²) in [6, 6.07) is 11.3. The van der Waals surface area contributed by atoms with E-state index in [1.165, 1.54) is 0 Å². The van der Waals surface area contributed by atoms with Crippen molar-refractivity contribution in [1.82, 2.24) is 9.97 Å². The minimum atomic E-state index is 0.638. The summed E-state index contributed by atoms with van der Waals surface area (Å²) in [5, 5.41) is 3.21. The van der Waals surface area contributed by atoms with E-state index in [2.05, 4.69) is 15.3 Å². The first-order valence-electron chi connectivity index (χ1n) is 6.76. The molecule has 0 fully saturated rings. The normalized spacial score (nSPS) is 10.5. The highest BCUT2D eigenvalue weighted by atomic mass is 16.5. The average Bonchev–Trinajstić information content (AvgIpc) is 2.94. The SMILES string of the molecule is COc1cccc(Nc2nc3cc(OC)c(OC)cc3[nH]2)c1. The fourth-order valence-electron chi connectivity index (χ4n) is 2.23.